The van der Waals surface area contributed by atoms with Crippen molar-refractivity contribution < 1.29 is 0 Å². The molecule has 0 aliphatic heterocycles. The first-order chi connectivity index (χ1) is 7.74. The van der Waals surface area contributed by atoms with Crippen molar-refractivity contribution in [2.24, 2.45) is 0 Å². The molecule has 2 heterocycles. The molecule has 1 atom stereocenters. The highest BCUT2D eigenvalue weighted by Gasteiger charge is 2.04. The summed E-state index contributed by atoms with van der Waals surface area (Å²) >= 11 is 1.74. The Balaban J connectivity index is 1.94. The maximum atomic E-state index is 4.32. The summed E-state index contributed by atoms with van der Waals surface area (Å²) in [5.74, 6) is 1.70. The predicted molar refractivity (Wildman–Crippen MR) is 67.9 cm³/mol. The highest BCUT2D eigenvalue weighted by atomic mass is 32.1. The summed E-state index contributed by atoms with van der Waals surface area (Å²) in [6, 6.07) is 4.44. The van der Waals surface area contributed by atoms with Crippen LogP contribution in [-0.4, -0.2) is 16.0 Å². The zero-order valence-electron chi connectivity index (χ0n) is 9.47. The molecule has 2 rings (SSSR count). The van der Waals surface area contributed by atoms with Crippen LogP contribution >= 0.6 is 11.3 Å². The maximum absolute atomic E-state index is 4.32. The molecule has 1 N–H and O–H groups in total. The van der Waals surface area contributed by atoms with E-state index in [2.05, 4.69) is 39.0 Å². The molecule has 2 aromatic rings. The molecule has 84 valence electrons. The fourth-order valence-corrected chi connectivity index (χ4v) is 2.28. The molecule has 0 aliphatic carbocycles. The number of hydrogen-bond donors (Lipinski definition) is 1. The average Bonchev–Trinajstić information content (AvgIpc) is 2.70. The van der Waals surface area contributed by atoms with E-state index in [0.29, 0.717) is 6.04 Å². The molecular formula is C12H15N3S. The summed E-state index contributed by atoms with van der Waals surface area (Å²) in [5.41, 5.74) is 1.37. The predicted octanol–water partition coefficient (Wildman–Crippen LogP) is 2.89. The van der Waals surface area contributed by atoms with Gasteiger partial charge in [-0.3, -0.25) is 0 Å². The number of aromatic nitrogens is 2. The number of anilines is 1. The van der Waals surface area contributed by atoms with E-state index in [9.17, 15) is 0 Å². The van der Waals surface area contributed by atoms with Crippen LogP contribution in [0.3, 0.4) is 0 Å². The van der Waals surface area contributed by atoms with Gasteiger partial charge < -0.3 is 5.32 Å². The van der Waals surface area contributed by atoms with E-state index in [4.69, 9.17) is 0 Å². The molecule has 2 aromatic heterocycles. The molecule has 4 heteroatoms. The lowest BCUT2D eigenvalue weighted by atomic mass is 10.1. The van der Waals surface area contributed by atoms with Crippen LogP contribution in [0.5, 0.6) is 0 Å². The van der Waals surface area contributed by atoms with Gasteiger partial charge in [0, 0.05) is 12.2 Å². The summed E-state index contributed by atoms with van der Waals surface area (Å²) in [6.07, 6.45) is 2.80. The van der Waals surface area contributed by atoms with E-state index in [-0.39, 0.29) is 0 Å². The third-order valence-corrected chi connectivity index (χ3v) is 3.02. The summed E-state index contributed by atoms with van der Waals surface area (Å²) in [4.78, 5) is 8.40. The fraction of sp³-hybridized carbons (Fsp3) is 0.333. The summed E-state index contributed by atoms with van der Waals surface area (Å²) in [7, 11) is 0. The van der Waals surface area contributed by atoms with Crippen molar-refractivity contribution in [3.05, 3.63) is 40.5 Å². The van der Waals surface area contributed by atoms with Crippen LogP contribution < -0.4 is 5.32 Å². The van der Waals surface area contributed by atoms with E-state index in [1.54, 1.807) is 17.5 Å². The number of thiophene rings is 1. The van der Waals surface area contributed by atoms with Gasteiger partial charge in [0.15, 0.2) is 0 Å². The first kappa shape index (κ1) is 11.1. The molecule has 0 radical (unpaired) electrons. The van der Waals surface area contributed by atoms with Gasteiger partial charge >= 0.3 is 0 Å². The molecule has 1 unspecified atom stereocenters. The summed E-state index contributed by atoms with van der Waals surface area (Å²) in [5, 5.41) is 7.67. The van der Waals surface area contributed by atoms with Gasteiger partial charge in [-0.05, 0) is 48.7 Å². The summed E-state index contributed by atoms with van der Waals surface area (Å²) in [6.45, 7) is 4.06. The van der Waals surface area contributed by atoms with E-state index >= 15 is 0 Å². The van der Waals surface area contributed by atoms with E-state index < -0.39 is 0 Å². The number of rotatable bonds is 4. The topological polar surface area (TPSA) is 37.8 Å². The molecule has 0 spiro atoms. The van der Waals surface area contributed by atoms with Crippen LogP contribution in [0.2, 0.25) is 0 Å². The molecular weight excluding hydrogens is 218 g/mol. The second-order valence-corrected chi connectivity index (χ2v) is 4.65. The molecule has 0 aromatic carbocycles. The van der Waals surface area contributed by atoms with Crippen molar-refractivity contribution in [1.82, 2.24) is 9.97 Å². The Morgan fingerprint density at radius 2 is 2.31 bits per heavy atom. The highest BCUT2D eigenvalue weighted by Crippen LogP contribution is 2.11. The van der Waals surface area contributed by atoms with Crippen LogP contribution in [0, 0.1) is 6.92 Å². The van der Waals surface area contributed by atoms with E-state index in [1.165, 1.54) is 5.56 Å². The minimum Gasteiger partial charge on any atom is -0.367 e. The SMILES string of the molecule is Cc1nccc(NC(C)Cc2ccsc2)n1. The van der Waals surface area contributed by atoms with E-state index in [0.717, 1.165) is 18.1 Å². The average molecular weight is 233 g/mol. The molecule has 0 aliphatic rings. The quantitative estimate of drug-likeness (QED) is 0.882. The first-order valence-corrected chi connectivity index (χ1v) is 6.25. The summed E-state index contributed by atoms with van der Waals surface area (Å²) < 4.78 is 0. The molecule has 0 fully saturated rings. The first-order valence-electron chi connectivity index (χ1n) is 5.31. The van der Waals surface area contributed by atoms with Crippen molar-refractivity contribution in [3.63, 3.8) is 0 Å². The number of hydrogen-bond acceptors (Lipinski definition) is 4. The lowest BCUT2D eigenvalue weighted by Crippen LogP contribution is -2.18. The lowest BCUT2D eigenvalue weighted by molar-refractivity contribution is 0.784. The Morgan fingerprint density at radius 3 is 3.00 bits per heavy atom. The third-order valence-electron chi connectivity index (χ3n) is 2.29. The van der Waals surface area contributed by atoms with Gasteiger partial charge in [-0.2, -0.15) is 11.3 Å². The van der Waals surface area contributed by atoms with Gasteiger partial charge in [-0.1, -0.05) is 0 Å². The van der Waals surface area contributed by atoms with Gasteiger partial charge in [0.25, 0.3) is 0 Å². The second kappa shape index (κ2) is 5.07. The second-order valence-electron chi connectivity index (χ2n) is 3.87. The third kappa shape index (κ3) is 3.03. The number of nitrogens with one attached hydrogen (secondary N) is 1. The zero-order chi connectivity index (χ0) is 11.4. The van der Waals surface area contributed by atoms with Crippen LogP contribution in [-0.2, 0) is 6.42 Å². The van der Waals surface area contributed by atoms with Crippen LogP contribution in [0.25, 0.3) is 0 Å². The highest BCUT2D eigenvalue weighted by molar-refractivity contribution is 7.07. The Labute approximate surface area is 99.6 Å². The Hall–Kier alpha value is -1.42. The fourth-order valence-electron chi connectivity index (χ4n) is 1.60. The Morgan fingerprint density at radius 1 is 1.44 bits per heavy atom. The van der Waals surface area contributed by atoms with Gasteiger partial charge in [0.05, 0.1) is 0 Å². The standard InChI is InChI=1S/C12H15N3S/c1-9(7-11-4-6-16-8-11)14-12-3-5-13-10(2)15-12/h3-6,8-9H,7H2,1-2H3,(H,13,14,15). The number of nitrogens with zero attached hydrogens (tertiary/aromatic N) is 2. The minimum atomic E-state index is 0.379. The van der Waals surface area contributed by atoms with Crippen LogP contribution in [0.1, 0.15) is 18.3 Å². The van der Waals surface area contributed by atoms with Gasteiger partial charge in [-0.25, -0.2) is 9.97 Å². The monoisotopic (exact) mass is 233 g/mol. The van der Waals surface area contributed by atoms with Crippen molar-refractivity contribution in [1.29, 1.82) is 0 Å². The molecule has 0 amide bonds. The van der Waals surface area contributed by atoms with Crippen LogP contribution in [0.15, 0.2) is 29.1 Å². The molecule has 0 saturated carbocycles. The van der Waals surface area contributed by atoms with Gasteiger partial charge in [0.1, 0.15) is 11.6 Å². The molecule has 0 bridgehead atoms. The van der Waals surface area contributed by atoms with Crippen molar-refractivity contribution in [2.45, 2.75) is 26.3 Å². The van der Waals surface area contributed by atoms with Crippen molar-refractivity contribution >= 4 is 17.2 Å². The van der Waals surface area contributed by atoms with Crippen molar-refractivity contribution in [2.75, 3.05) is 5.32 Å². The Kier molecular flexibility index (Phi) is 3.51. The normalized spacial score (nSPS) is 12.4. The lowest BCUT2D eigenvalue weighted by Gasteiger charge is -2.13. The zero-order valence-corrected chi connectivity index (χ0v) is 10.3. The maximum Gasteiger partial charge on any atom is 0.129 e. The number of aryl methyl sites for hydroxylation is 1. The molecule has 16 heavy (non-hydrogen) atoms. The van der Waals surface area contributed by atoms with Gasteiger partial charge in [0.2, 0.25) is 0 Å². The Bertz CT molecular complexity index is 439. The van der Waals surface area contributed by atoms with Gasteiger partial charge in [-0.15, -0.1) is 0 Å². The molecule has 3 nitrogen and oxygen atoms in total. The largest absolute Gasteiger partial charge is 0.367 e. The van der Waals surface area contributed by atoms with Crippen LogP contribution in [0.4, 0.5) is 5.82 Å². The minimum absolute atomic E-state index is 0.379. The van der Waals surface area contributed by atoms with Crippen molar-refractivity contribution in [3.8, 4) is 0 Å². The smallest absolute Gasteiger partial charge is 0.129 e. The molecule has 0 saturated heterocycles. The van der Waals surface area contributed by atoms with E-state index in [1.807, 2.05) is 13.0 Å².